The number of nitrogens with one attached hydrogen (secondary N) is 1. The van der Waals surface area contributed by atoms with Crippen molar-refractivity contribution in [1.82, 2.24) is 0 Å². The number of hydrogen-bond donors (Lipinski definition) is 4. The zero-order valence-corrected chi connectivity index (χ0v) is 45.3. The van der Waals surface area contributed by atoms with E-state index in [0.29, 0.717) is 97.4 Å². The van der Waals surface area contributed by atoms with E-state index in [9.17, 15) is 19.2 Å². The number of methoxy groups -OCH3 is 8. The fourth-order valence-corrected chi connectivity index (χ4v) is 7.86. The van der Waals surface area contributed by atoms with Crippen LogP contribution >= 0.6 is 0 Å². The number of ketones is 2. The Morgan fingerprint density at radius 3 is 1.49 bits per heavy atom. The summed E-state index contributed by atoms with van der Waals surface area (Å²) in [4.78, 5) is 51.2. The topological polar surface area (TPSA) is 256 Å². The number of hydrogen-bond acceptors (Lipinski definition) is 17. The van der Waals surface area contributed by atoms with Crippen LogP contribution in [0.25, 0.3) is 11.1 Å². The molecule has 4 aromatic carbocycles. The number of esters is 1. The highest BCUT2D eigenvalue weighted by Gasteiger charge is 2.31. The third kappa shape index (κ3) is 15.7. The minimum Gasteiger partial charge on any atom is -1.00 e. The van der Waals surface area contributed by atoms with Gasteiger partial charge in [-0.05, 0) is 105 Å². The predicted octanol–water partition coefficient (Wildman–Crippen LogP) is 3.49. The smallest absolute Gasteiger partial charge is 0.370 e. The van der Waals surface area contributed by atoms with Crippen molar-refractivity contribution in [3.8, 4) is 57.5 Å². The Hall–Kier alpha value is -7.13. The Labute approximate surface area is 439 Å². The summed E-state index contributed by atoms with van der Waals surface area (Å²) in [6.07, 6.45) is 3.46. The van der Waals surface area contributed by atoms with Crippen molar-refractivity contribution >= 4 is 53.0 Å². The zero-order valence-electron chi connectivity index (χ0n) is 44.6. The molecule has 74 heavy (non-hydrogen) atoms. The Balaban J connectivity index is 0.000000387. The van der Waals surface area contributed by atoms with E-state index < -0.39 is 24.5 Å². The van der Waals surface area contributed by atoms with E-state index in [2.05, 4.69) is 16.7 Å². The quantitative estimate of drug-likeness (QED) is 0.0925. The molecular weight excluding hydrogens is 981 g/mol. The standard InChI is InChI=1S/C32H41NO9.C20H21NO6.CH6BNO.ClH/c1-18(2)12-20(14-27(35)42-32(3,4)5)31(36)33-24-13-19(10-11-25(24)37-6)22-15-21(34)17-41-28-23(22)16-26(38-7)29(39-8)30(28)40-9;1-23-16-6-5-11(7-15(16)21)13-8-12(22)10-27-18-14(13)9-17(24-2)19(25-3)20(18)26-4;1-2(3)4;/h10-11,13,15-16,18,20H,12,14,17H2,1-9H3,(H,33,36);5-9H,10,21H2,1-4H3;4H,3H2,1H3;1H. The maximum Gasteiger partial charge on any atom is 0.370 e. The molecule has 0 saturated carbocycles. The lowest BCUT2D eigenvalue weighted by Crippen LogP contribution is -3.00. The van der Waals surface area contributed by atoms with Gasteiger partial charge in [-0.15, -0.1) is 0 Å². The van der Waals surface area contributed by atoms with Crippen molar-refractivity contribution in [1.29, 1.82) is 0 Å². The number of amides is 1. The van der Waals surface area contributed by atoms with Crippen LogP contribution in [0, 0.1) is 11.8 Å². The summed E-state index contributed by atoms with van der Waals surface area (Å²) >= 11 is 0. The van der Waals surface area contributed by atoms with Gasteiger partial charge in [-0.2, -0.15) is 0 Å². The molecule has 2 aliphatic rings. The van der Waals surface area contributed by atoms with Crippen LogP contribution in [0.4, 0.5) is 11.4 Å². The maximum atomic E-state index is 13.5. The number of fused-ring (bicyclic) bond motifs is 2. The number of quaternary nitrogens is 1. The van der Waals surface area contributed by atoms with Crippen molar-refractivity contribution in [2.45, 2.75) is 59.9 Å². The summed E-state index contributed by atoms with van der Waals surface area (Å²) in [6, 6.07) is 14.2. The fraction of sp³-hybridized carbons (Fsp3) is 0.396. The van der Waals surface area contributed by atoms with Crippen molar-refractivity contribution in [3.63, 3.8) is 0 Å². The molecule has 19 nitrogen and oxygen atoms in total. The van der Waals surface area contributed by atoms with Crippen LogP contribution in [0.15, 0.2) is 60.7 Å². The minimum absolute atomic E-state index is 0. The maximum absolute atomic E-state index is 13.5. The number of halogens is 1. The van der Waals surface area contributed by atoms with E-state index in [1.807, 2.05) is 32.0 Å². The van der Waals surface area contributed by atoms with Gasteiger partial charge in [0.2, 0.25) is 28.9 Å². The van der Waals surface area contributed by atoms with E-state index in [0.717, 1.165) is 5.56 Å². The molecule has 1 amide bonds. The molecule has 1 unspecified atom stereocenters. The van der Waals surface area contributed by atoms with E-state index in [4.69, 9.17) is 57.1 Å². The van der Waals surface area contributed by atoms with Crippen LogP contribution in [0.3, 0.4) is 0 Å². The van der Waals surface area contributed by atoms with Crippen molar-refractivity contribution < 1.29 is 94.4 Å². The van der Waals surface area contributed by atoms with Gasteiger partial charge < -0.3 is 86.2 Å². The van der Waals surface area contributed by atoms with Gasteiger partial charge in [0.05, 0.1) is 69.0 Å². The van der Waals surface area contributed by atoms with Crippen LogP contribution < -0.4 is 76.5 Å². The third-order valence-corrected chi connectivity index (χ3v) is 10.8. The van der Waals surface area contributed by atoms with E-state index >= 15 is 0 Å². The highest BCUT2D eigenvalue weighted by atomic mass is 35.5. The van der Waals surface area contributed by atoms with Gasteiger partial charge in [-0.3, -0.25) is 19.2 Å². The molecule has 0 aromatic heterocycles. The van der Waals surface area contributed by atoms with Crippen molar-refractivity contribution in [3.05, 3.63) is 82.9 Å². The third-order valence-electron chi connectivity index (χ3n) is 10.8. The van der Waals surface area contributed by atoms with Crippen molar-refractivity contribution in [2.75, 3.05) is 75.4 Å². The first-order chi connectivity index (χ1) is 34.6. The average molecular weight is 1050 g/mol. The van der Waals surface area contributed by atoms with Crippen LogP contribution in [0.2, 0.25) is 6.82 Å². The number of anilines is 1. The SMILES string of the molecule is CB(N)O.COc1ccc(C2=CC(=O)COc3c2cc(OC)c(OC)c3OC)cc1NC(=O)C(CC(=O)OC(C)(C)C)CC(C)C.COc1ccc(C2=CC(=O)COc3c2cc(OC)c(OC)c3OC)cc1[NH3+].[Cl-]. The van der Waals surface area contributed by atoms with Gasteiger partial charge in [0.1, 0.15) is 11.4 Å². The lowest BCUT2D eigenvalue weighted by atomic mass is 9.92. The van der Waals surface area contributed by atoms with E-state index in [1.54, 1.807) is 64.3 Å². The molecule has 0 fully saturated rings. The molecule has 21 heteroatoms. The number of rotatable bonds is 16. The Morgan fingerprint density at radius 1 is 0.689 bits per heavy atom. The molecule has 0 aliphatic carbocycles. The van der Waals surface area contributed by atoms with Crippen LogP contribution in [-0.2, 0) is 23.9 Å². The van der Waals surface area contributed by atoms with Gasteiger partial charge in [-0.25, -0.2) is 0 Å². The highest BCUT2D eigenvalue weighted by Crippen LogP contribution is 2.52. The van der Waals surface area contributed by atoms with E-state index in [-0.39, 0.29) is 61.2 Å². The van der Waals surface area contributed by atoms with Gasteiger partial charge in [0, 0.05) is 23.1 Å². The normalized spacial score (nSPS) is 12.9. The van der Waals surface area contributed by atoms with Crippen LogP contribution in [0.1, 0.15) is 69.7 Å². The summed E-state index contributed by atoms with van der Waals surface area (Å²) < 4.78 is 60.9. The first-order valence-electron chi connectivity index (χ1n) is 23.1. The van der Waals surface area contributed by atoms with Crippen LogP contribution in [0.5, 0.6) is 57.5 Å². The van der Waals surface area contributed by atoms with Crippen molar-refractivity contribution in [2.24, 2.45) is 17.5 Å². The molecule has 4 aromatic rings. The molecular formula is C53H69BClN3O16. The summed E-state index contributed by atoms with van der Waals surface area (Å²) in [6.45, 7) is 10.5. The molecule has 6 rings (SSSR count). The summed E-state index contributed by atoms with van der Waals surface area (Å²) in [5.41, 5.74) is 12.9. The monoisotopic (exact) mass is 1050 g/mol. The molecule has 0 saturated heterocycles. The molecule has 0 radical (unpaired) electrons. The van der Waals surface area contributed by atoms with E-state index in [1.165, 1.54) is 62.7 Å². The van der Waals surface area contributed by atoms with Gasteiger partial charge in [0.15, 0.2) is 59.2 Å². The second-order valence-corrected chi connectivity index (χ2v) is 18.0. The summed E-state index contributed by atoms with van der Waals surface area (Å²) in [5, 5.41) is 10.8. The largest absolute Gasteiger partial charge is 1.00 e. The second kappa shape index (κ2) is 27.8. The average Bonchev–Trinajstić information content (AvgIpc) is 3.61. The van der Waals surface area contributed by atoms with Gasteiger partial charge >= 0.3 is 13.0 Å². The zero-order chi connectivity index (χ0) is 54.3. The molecule has 2 aliphatic heterocycles. The number of carbonyl (C=O) groups is 4. The first-order valence-corrected chi connectivity index (χ1v) is 23.1. The lowest BCUT2D eigenvalue weighted by molar-refractivity contribution is -0.256. The number of benzene rings is 4. The molecule has 7 N–H and O–H groups in total. The first kappa shape index (κ1) is 61.2. The number of nitrogens with two attached hydrogens (primary N) is 1. The molecule has 1 atom stereocenters. The minimum atomic E-state index is -0.667. The van der Waals surface area contributed by atoms with Gasteiger partial charge in [-0.1, -0.05) is 26.0 Å². The summed E-state index contributed by atoms with van der Waals surface area (Å²) in [5.74, 6) is 2.40. The molecule has 2 heterocycles. The Kier molecular flexibility index (Phi) is 23.0. The number of carbonyl (C=O) groups excluding carboxylic acids is 4. The highest BCUT2D eigenvalue weighted by molar-refractivity contribution is 6.44. The molecule has 402 valence electrons. The lowest BCUT2D eigenvalue weighted by Gasteiger charge is -2.23. The van der Waals surface area contributed by atoms with Crippen LogP contribution in [-0.4, -0.2) is 111 Å². The number of ether oxygens (including phenoxy) is 11. The second-order valence-electron chi connectivity index (χ2n) is 18.0. The molecule has 0 bridgehead atoms. The van der Waals surface area contributed by atoms with Gasteiger partial charge in [0.25, 0.3) is 0 Å². The Morgan fingerprint density at radius 2 is 1.11 bits per heavy atom. The Bertz CT molecular complexity index is 2700. The predicted molar refractivity (Wildman–Crippen MR) is 276 cm³/mol. The molecule has 0 spiro atoms. The summed E-state index contributed by atoms with van der Waals surface area (Å²) in [7, 11) is 11.4. The fourth-order valence-electron chi connectivity index (χ4n) is 7.86.